The van der Waals surface area contributed by atoms with Crippen LogP contribution in [0.1, 0.15) is 46.5 Å². The lowest BCUT2D eigenvalue weighted by molar-refractivity contribution is 0.0650. The molecule has 92 valence electrons. The van der Waals surface area contributed by atoms with Gasteiger partial charge in [0.2, 0.25) is 0 Å². The molecule has 0 atom stereocenters. The highest BCUT2D eigenvalue weighted by Gasteiger charge is 2.19. The van der Waals surface area contributed by atoms with E-state index in [-0.39, 0.29) is 11.1 Å². The summed E-state index contributed by atoms with van der Waals surface area (Å²) in [6, 6.07) is 4.59. The summed E-state index contributed by atoms with van der Waals surface area (Å²) < 4.78 is 0. The van der Waals surface area contributed by atoms with Crippen LogP contribution < -0.4 is 0 Å². The topological polar surface area (TPSA) is 74.6 Å². The van der Waals surface area contributed by atoms with Gasteiger partial charge in [-0.25, -0.2) is 9.59 Å². The highest BCUT2D eigenvalue weighted by atomic mass is 16.4. The smallest absolute Gasteiger partial charge is 0.336 e. The van der Waals surface area contributed by atoms with Crippen molar-refractivity contribution in [1.82, 2.24) is 0 Å². The fourth-order valence-corrected chi connectivity index (χ4v) is 1.68. The van der Waals surface area contributed by atoms with Crippen molar-refractivity contribution >= 4 is 11.9 Å². The molecule has 2 N–H and O–H groups in total. The highest BCUT2D eigenvalue weighted by molar-refractivity contribution is 6.02. The van der Waals surface area contributed by atoms with Crippen LogP contribution in [0.4, 0.5) is 0 Å². The number of rotatable bonds is 5. The highest BCUT2D eigenvalue weighted by Crippen LogP contribution is 2.18. The van der Waals surface area contributed by atoms with Crippen molar-refractivity contribution in [2.45, 2.75) is 26.7 Å². The van der Waals surface area contributed by atoms with Gasteiger partial charge < -0.3 is 10.2 Å². The first kappa shape index (κ1) is 13.2. The first-order valence-electron chi connectivity index (χ1n) is 5.52. The van der Waals surface area contributed by atoms with Crippen LogP contribution in [0.5, 0.6) is 0 Å². The van der Waals surface area contributed by atoms with Crippen molar-refractivity contribution in [3.05, 3.63) is 34.9 Å². The molecule has 0 aliphatic carbocycles. The van der Waals surface area contributed by atoms with E-state index in [0.717, 1.165) is 6.42 Å². The van der Waals surface area contributed by atoms with Gasteiger partial charge in [-0.2, -0.15) is 0 Å². The molecule has 4 nitrogen and oxygen atoms in total. The Hall–Kier alpha value is -1.84. The normalized spacial score (nSPS) is 10.5. The van der Waals surface area contributed by atoms with Gasteiger partial charge >= 0.3 is 11.9 Å². The van der Waals surface area contributed by atoms with Crippen molar-refractivity contribution in [3.63, 3.8) is 0 Å². The number of hydrogen-bond donors (Lipinski definition) is 2. The van der Waals surface area contributed by atoms with E-state index in [1.807, 2.05) is 13.8 Å². The van der Waals surface area contributed by atoms with E-state index in [4.69, 9.17) is 10.2 Å². The van der Waals surface area contributed by atoms with E-state index in [1.54, 1.807) is 12.1 Å². The Morgan fingerprint density at radius 1 is 1.18 bits per heavy atom. The Balaban J connectivity index is 3.16. The van der Waals surface area contributed by atoms with Gasteiger partial charge in [-0.1, -0.05) is 26.0 Å². The van der Waals surface area contributed by atoms with Crippen molar-refractivity contribution in [2.75, 3.05) is 0 Å². The molecule has 0 saturated heterocycles. The van der Waals surface area contributed by atoms with E-state index in [1.165, 1.54) is 6.07 Å². The molecule has 0 heterocycles. The second-order valence-corrected chi connectivity index (χ2v) is 4.38. The molecule has 0 aliphatic rings. The predicted octanol–water partition coefficient (Wildman–Crippen LogP) is 2.67. The number of aryl methyl sites for hydroxylation is 1. The summed E-state index contributed by atoms with van der Waals surface area (Å²) in [6.45, 7) is 4.09. The van der Waals surface area contributed by atoms with Gasteiger partial charge in [-0.3, -0.25) is 0 Å². The fraction of sp³-hybridized carbons (Fsp3) is 0.385. The molecule has 0 aromatic heterocycles. The monoisotopic (exact) mass is 236 g/mol. The van der Waals surface area contributed by atoms with Crippen LogP contribution in [0.2, 0.25) is 0 Å². The van der Waals surface area contributed by atoms with Crippen LogP contribution in [-0.2, 0) is 6.42 Å². The second kappa shape index (κ2) is 5.48. The number of hydrogen-bond acceptors (Lipinski definition) is 2. The molecule has 0 spiro atoms. The lowest BCUT2D eigenvalue weighted by atomic mass is 9.95. The average molecular weight is 236 g/mol. The molecule has 0 amide bonds. The Kier molecular flexibility index (Phi) is 4.26. The molecule has 0 aliphatic heterocycles. The summed E-state index contributed by atoms with van der Waals surface area (Å²) in [7, 11) is 0. The van der Waals surface area contributed by atoms with E-state index >= 15 is 0 Å². The van der Waals surface area contributed by atoms with Crippen molar-refractivity contribution < 1.29 is 19.8 Å². The third-order valence-electron chi connectivity index (χ3n) is 2.59. The molecule has 0 bridgehead atoms. The number of benzene rings is 1. The summed E-state index contributed by atoms with van der Waals surface area (Å²) >= 11 is 0. The number of carboxylic acid groups (broad SMARTS) is 2. The molecular formula is C13H16O4. The van der Waals surface area contributed by atoms with Crippen LogP contribution >= 0.6 is 0 Å². The van der Waals surface area contributed by atoms with E-state index < -0.39 is 11.9 Å². The predicted molar refractivity (Wildman–Crippen MR) is 63.5 cm³/mol. The Morgan fingerprint density at radius 2 is 1.82 bits per heavy atom. The Bertz CT molecular complexity index is 435. The number of aromatic carboxylic acids is 2. The molecule has 0 fully saturated rings. The van der Waals surface area contributed by atoms with Crippen molar-refractivity contribution in [1.29, 1.82) is 0 Å². The molecular weight excluding hydrogens is 220 g/mol. The van der Waals surface area contributed by atoms with Crippen molar-refractivity contribution in [3.8, 4) is 0 Å². The van der Waals surface area contributed by atoms with Crippen LogP contribution in [0.15, 0.2) is 18.2 Å². The number of carboxylic acids is 2. The van der Waals surface area contributed by atoms with Gasteiger partial charge in [-0.05, 0) is 30.4 Å². The molecule has 4 heteroatoms. The molecule has 17 heavy (non-hydrogen) atoms. The van der Waals surface area contributed by atoms with Gasteiger partial charge in [0.15, 0.2) is 0 Å². The van der Waals surface area contributed by atoms with Gasteiger partial charge in [0, 0.05) is 0 Å². The van der Waals surface area contributed by atoms with Gasteiger partial charge in [-0.15, -0.1) is 0 Å². The standard InChI is InChI=1S/C13H16O4/c1-8(2)6-7-9-4-3-5-10(12(14)15)11(9)13(16)17/h3-5,8H,6-7H2,1-2H3,(H,14,15)(H,16,17). The zero-order valence-corrected chi connectivity index (χ0v) is 9.93. The first-order valence-corrected chi connectivity index (χ1v) is 5.52. The lowest BCUT2D eigenvalue weighted by Crippen LogP contribution is -2.11. The first-order chi connectivity index (χ1) is 7.93. The summed E-state index contributed by atoms with van der Waals surface area (Å²) in [5, 5.41) is 18.1. The summed E-state index contributed by atoms with van der Waals surface area (Å²) in [5.74, 6) is -1.93. The van der Waals surface area contributed by atoms with Crippen LogP contribution in [-0.4, -0.2) is 22.2 Å². The van der Waals surface area contributed by atoms with Gasteiger partial charge in [0.05, 0.1) is 11.1 Å². The quantitative estimate of drug-likeness (QED) is 0.824. The third kappa shape index (κ3) is 3.31. The minimum atomic E-state index is -1.20. The molecule has 0 unspecified atom stereocenters. The lowest BCUT2D eigenvalue weighted by Gasteiger charge is -2.10. The second-order valence-electron chi connectivity index (χ2n) is 4.38. The molecule has 1 aromatic carbocycles. The maximum atomic E-state index is 11.1. The number of carbonyl (C=O) groups is 2. The molecule has 0 radical (unpaired) electrons. The zero-order chi connectivity index (χ0) is 13.0. The zero-order valence-electron chi connectivity index (χ0n) is 9.93. The summed E-state index contributed by atoms with van der Waals surface area (Å²) in [6.07, 6.45) is 1.42. The fourth-order valence-electron chi connectivity index (χ4n) is 1.68. The largest absolute Gasteiger partial charge is 0.478 e. The average Bonchev–Trinajstić information content (AvgIpc) is 2.25. The maximum absolute atomic E-state index is 11.1. The molecule has 0 saturated carbocycles. The molecule has 1 aromatic rings. The van der Waals surface area contributed by atoms with Gasteiger partial charge in [0.1, 0.15) is 0 Å². The Morgan fingerprint density at radius 3 is 2.29 bits per heavy atom. The summed E-state index contributed by atoms with van der Waals surface area (Å²) in [4.78, 5) is 22.1. The SMILES string of the molecule is CC(C)CCc1cccc(C(=O)O)c1C(=O)O. The maximum Gasteiger partial charge on any atom is 0.336 e. The third-order valence-corrected chi connectivity index (χ3v) is 2.59. The minimum Gasteiger partial charge on any atom is -0.478 e. The summed E-state index contributed by atoms with van der Waals surface area (Å²) in [5.41, 5.74) is 0.366. The minimum absolute atomic E-state index is 0.0827. The van der Waals surface area contributed by atoms with E-state index in [0.29, 0.717) is 17.9 Å². The molecule has 1 rings (SSSR count). The van der Waals surface area contributed by atoms with E-state index in [2.05, 4.69) is 0 Å². The van der Waals surface area contributed by atoms with Gasteiger partial charge in [0.25, 0.3) is 0 Å². The van der Waals surface area contributed by atoms with Crippen molar-refractivity contribution in [2.24, 2.45) is 5.92 Å². The van der Waals surface area contributed by atoms with Crippen LogP contribution in [0.3, 0.4) is 0 Å². The van der Waals surface area contributed by atoms with Crippen LogP contribution in [0, 0.1) is 5.92 Å². The Labute approximate surface area is 99.9 Å². The van der Waals surface area contributed by atoms with E-state index in [9.17, 15) is 9.59 Å². The van der Waals surface area contributed by atoms with Crippen LogP contribution in [0.25, 0.3) is 0 Å².